The molecule has 0 spiro atoms. The number of furan rings is 1. The standard InChI is InChI=1S/C58H43NO/c1-57(2)50-20-12-10-18-44(50)46-29-24-39(33-52(46)57)55-43-17-9-8-16-38(43)32-49-48-31-28-42(35-54(48)60-56(49)55)59(40-25-22-37(23-26-40)36-14-6-5-7-15-36)41-27-30-47-45-19-11-13-21-51(45)58(3,4)53(47)34-41/h5-35H,1-4H3. The summed E-state index contributed by atoms with van der Waals surface area (Å²) in [6.45, 7) is 9.40. The second-order valence-corrected chi connectivity index (χ2v) is 17.7. The highest BCUT2D eigenvalue weighted by Crippen LogP contribution is 2.53. The van der Waals surface area contributed by atoms with Crippen molar-refractivity contribution in [1.29, 1.82) is 0 Å². The molecule has 60 heavy (non-hydrogen) atoms. The average molecular weight is 770 g/mol. The summed E-state index contributed by atoms with van der Waals surface area (Å²) in [5.41, 5.74) is 20.3. The number of benzene rings is 9. The third-order valence-electron chi connectivity index (χ3n) is 13.7. The van der Waals surface area contributed by atoms with Crippen molar-refractivity contribution < 1.29 is 4.42 Å². The summed E-state index contributed by atoms with van der Waals surface area (Å²) in [6, 6.07) is 69.2. The van der Waals surface area contributed by atoms with Crippen LogP contribution >= 0.6 is 0 Å². The topological polar surface area (TPSA) is 16.4 Å². The van der Waals surface area contributed by atoms with Crippen LogP contribution in [0.1, 0.15) is 49.9 Å². The predicted molar refractivity (Wildman–Crippen MR) is 252 cm³/mol. The molecule has 10 aromatic rings. The van der Waals surface area contributed by atoms with E-state index in [0.29, 0.717) is 0 Å². The molecule has 0 fully saturated rings. The van der Waals surface area contributed by atoms with Crippen LogP contribution in [0.15, 0.2) is 192 Å². The Kier molecular flexibility index (Phi) is 7.36. The third-order valence-corrected chi connectivity index (χ3v) is 13.7. The molecule has 2 aliphatic carbocycles. The second kappa shape index (κ2) is 12.7. The summed E-state index contributed by atoms with van der Waals surface area (Å²) in [7, 11) is 0. The summed E-state index contributed by atoms with van der Waals surface area (Å²) in [5, 5.41) is 4.64. The first-order valence-electron chi connectivity index (χ1n) is 21.1. The van der Waals surface area contributed by atoms with Gasteiger partial charge in [0.05, 0.1) is 0 Å². The Labute approximate surface area is 351 Å². The Hall–Kier alpha value is -7.16. The van der Waals surface area contributed by atoms with Gasteiger partial charge in [-0.15, -0.1) is 0 Å². The van der Waals surface area contributed by atoms with Crippen LogP contribution in [0.2, 0.25) is 0 Å². The monoisotopic (exact) mass is 769 g/mol. The summed E-state index contributed by atoms with van der Waals surface area (Å²) in [4.78, 5) is 2.39. The molecule has 0 N–H and O–H groups in total. The number of anilines is 3. The molecule has 0 amide bonds. The predicted octanol–water partition coefficient (Wildman–Crippen LogP) is 16.2. The SMILES string of the molecule is CC1(C)c2ccccc2-c2ccc(-c3c4ccccc4cc4c3oc3cc(N(c5ccc(-c6ccccc6)cc5)c5ccc6c(c5)C(C)(C)c5ccccc5-6)ccc34)cc21. The van der Waals surface area contributed by atoms with E-state index < -0.39 is 0 Å². The first-order valence-corrected chi connectivity index (χ1v) is 21.1. The van der Waals surface area contributed by atoms with Crippen LogP contribution in [-0.2, 0) is 10.8 Å². The fourth-order valence-corrected chi connectivity index (χ4v) is 10.6. The van der Waals surface area contributed by atoms with Gasteiger partial charge in [0, 0.05) is 50.3 Å². The minimum absolute atomic E-state index is 0.104. The van der Waals surface area contributed by atoms with Crippen molar-refractivity contribution in [2.75, 3.05) is 4.90 Å². The highest BCUT2D eigenvalue weighted by atomic mass is 16.3. The van der Waals surface area contributed by atoms with Gasteiger partial charge in [0.25, 0.3) is 0 Å². The van der Waals surface area contributed by atoms with Gasteiger partial charge in [0.15, 0.2) is 0 Å². The van der Waals surface area contributed by atoms with E-state index in [0.717, 1.165) is 44.6 Å². The smallest absolute Gasteiger partial charge is 0.143 e. The average Bonchev–Trinajstić information content (AvgIpc) is 3.84. The molecule has 12 rings (SSSR count). The van der Waals surface area contributed by atoms with Crippen LogP contribution in [0.4, 0.5) is 17.1 Å². The lowest BCUT2D eigenvalue weighted by molar-refractivity contribution is 0.660. The first kappa shape index (κ1) is 34.8. The van der Waals surface area contributed by atoms with E-state index in [9.17, 15) is 0 Å². The molecular weight excluding hydrogens is 727 g/mol. The van der Waals surface area contributed by atoms with Gasteiger partial charge >= 0.3 is 0 Å². The fourth-order valence-electron chi connectivity index (χ4n) is 10.6. The maximum Gasteiger partial charge on any atom is 0.143 e. The molecule has 1 heterocycles. The van der Waals surface area contributed by atoms with Crippen molar-refractivity contribution >= 4 is 49.8 Å². The lowest BCUT2D eigenvalue weighted by Crippen LogP contribution is -2.16. The van der Waals surface area contributed by atoms with Gasteiger partial charge < -0.3 is 9.32 Å². The molecule has 2 aliphatic rings. The largest absolute Gasteiger partial charge is 0.455 e. The minimum atomic E-state index is -0.124. The molecule has 2 nitrogen and oxygen atoms in total. The van der Waals surface area contributed by atoms with Crippen LogP contribution in [-0.4, -0.2) is 0 Å². The molecule has 286 valence electrons. The van der Waals surface area contributed by atoms with E-state index in [4.69, 9.17) is 4.42 Å². The van der Waals surface area contributed by atoms with Crippen LogP contribution in [0.3, 0.4) is 0 Å². The molecule has 9 aromatic carbocycles. The van der Waals surface area contributed by atoms with E-state index in [-0.39, 0.29) is 10.8 Å². The van der Waals surface area contributed by atoms with Crippen molar-refractivity contribution in [3.63, 3.8) is 0 Å². The third kappa shape index (κ3) is 5.01. The molecule has 2 heteroatoms. The lowest BCUT2D eigenvalue weighted by atomic mass is 9.81. The maximum atomic E-state index is 7.14. The van der Waals surface area contributed by atoms with E-state index >= 15 is 0 Å². The van der Waals surface area contributed by atoms with Crippen LogP contribution < -0.4 is 4.90 Å². The fraction of sp³-hybridized carbons (Fsp3) is 0.103. The number of hydrogen-bond acceptors (Lipinski definition) is 2. The van der Waals surface area contributed by atoms with Crippen molar-refractivity contribution in [3.8, 4) is 44.5 Å². The molecule has 1 aromatic heterocycles. The van der Waals surface area contributed by atoms with Gasteiger partial charge in [0.2, 0.25) is 0 Å². The van der Waals surface area contributed by atoms with Crippen LogP contribution in [0.25, 0.3) is 77.2 Å². The molecule has 0 aliphatic heterocycles. The van der Waals surface area contributed by atoms with Crippen molar-refractivity contribution in [2.45, 2.75) is 38.5 Å². The summed E-state index contributed by atoms with van der Waals surface area (Å²) >= 11 is 0. The highest BCUT2D eigenvalue weighted by molar-refractivity contribution is 6.19. The second-order valence-electron chi connectivity index (χ2n) is 17.7. The van der Waals surface area contributed by atoms with Crippen molar-refractivity contribution in [3.05, 3.63) is 210 Å². The van der Waals surface area contributed by atoms with E-state index in [2.05, 4.69) is 221 Å². The molecule has 0 unspecified atom stereocenters. The zero-order valence-corrected chi connectivity index (χ0v) is 34.3. The Morgan fingerprint density at radius 1 is 0.367 bits per heavy atom. The molecule has 0 atom stereocenters. The van der Waals surface area contributed by atoms with Gasteiger partial charge in [-0.1, -0.05) is 161 Å². The van der Waals surface area contributed by atoms with Crippen LogP contribution in [0, 0.1) is 0 Å². The molecule has 0 bridgehead atoms. The van der Waals surface area contributed by atoms with Gasteiger partial charge in [-0.3, -0.25) is 0 Å². The number of rotatable bonds is 5. The Morgan fingerprint density at radius 3 is 1.63 bits per heavy atom. The quantitative estimate of drug-likeness (QED) is 0.173. The Balaban J connectivity index is 1.04. The van der Waals surface area contributed by atoms with E-state index in [1.807, 2.05) is 0 Å². The van der Waals surface area contributed by atoms with Gasteiger partial charge in [-0.05, 0) is 121 Å². The summed E-state index contributed by atoms with van der Waals surface area (Å²) in [6.07, 6.45) is 0. The van der Waals surface area contributed by atoms with Gasteiger partial charge in [-0.25, -0.2) is 0 Å². The first-order chi connectivity index (χ1) is 29.3. The molecule has 0 radical (unpaired) electrons. The summed E-state index contributed by atoms with van der Waals surface area (Å²) in [5.74, 6) is 0. The van der Waals surface area contributed by atoms with Crippen LogP contribution in [0.5, 0.6) is 0 Å². The Morgan fingerprint density at radius 2 is 0.900 bits per heavy atom. The number of hydrogen-bond donors (Lipinski definition) is 0. The molecule has 0 saturated heterocycles. The van der Waals surface area contributed by atoms with Gasteiger partial charge in [0.1, 0.15) is 11.2 Å². The zero-order chi connectivity index (χ0) is 40.3. The van der Waals surface area contributed by atoms with Crippen molar-refractivity contribution in [1.82, 2.24) is 0 Å². The molecule has 0 saturated carbocycles. The number of fused-ring (bicyclic) bond motifs is 10. The lowest BCUT2D eigenvalue weighted by Gasteiger charge is -2.28. The molecular formula is C58H43NO. The highest BCUT2D eigenvalue weighted by Gasteiger charge is 2.37. The minimum Gasteiger partial charge on any atom is -0.455 e. The normalized spacial score (nSPS) is 14.3. The summed E-state index contributed by atoms with van der Waals surface area (Å²) < 4.78 is 7.14. The van der Waals surface area contributed by atoms with Gasteiger partial charge in [-0.2, -0.15) is 0 Å². The van der Waals surface area contributed by atoms with E-state index in [1.54, 1.807) is 0 Å². The van der Waals surface area contributed by atoms with Crippen molar-refractivity contribution in [2.24, 2.45) is 0 Å². The number of nitrogens with zero attached hydrogens (tertiary/aromatic N) is 1. The zero-order valence-electron chi connectivity index (χ0n) is 34.3. The van der Waals surface area contributed by atoms with E-state index in [1.165, 1.54) is 72.0 Å². The maximum absolute atomic E-state index is 7.14. The Bertz CT molecular complexity index is 3370.